The van der Waals surface area contributed by atoms with Crippen molar-refractivity contribution in [3.8, 4) is 0 Å². The van der Waals surface area contributed by atoms with E-state index in [1.165, 1.54) is 0 Å². The Labute approximate surface area is 58.6 Å². The molecule has 0 aromatic heterocycles. The number of hydrogen-bond donors (Lipinski definition) is 1. The summed E-state index contributed by atoms with van der Waals surface area (Å²) in [6.45, 7) is 8.81. The van der Waals surface area contributed by atoms with Crippen LogP contribution >= 0.6 is 0 Å². The van der Waals surface area contributed by atoms with Crippen LogP contribution in [0.3, 0.4) is 0 Å². The van der Waals surface area contributed by atoms with E-state index in [1.54, 1.807) is 0 Å². The van der Waals surface area contributed by atoms with E-state index in [1.807, 2.05) is 0 Å². The van der Waals surface area contributed by atoms with Gasteiger partial charge >= 0.3 is 0 Å². The van der Waals surface area contributed by atoms with Gasteiger partial charge in [-0.2, -0.15) is 0 Å². The van der Waals surface area contributed by atoms with Crippen LogP contribution in [0.5, 0.6) is 0 Å². The average Bonchev–Trinajstić information content (AvgIpc) is 1.63. The molecule has 0 amide bonds. The summed E-state index contributed by atoms with van der Waals surface area (Å²) in [6, 6.07) is 0.363. The second-order valence-electron chi connectivity index (χ2n) is 3.43. The summed E-state index contributed by atoms with van der Waals surface area (Å²) in [7, 11) is 0. The van der Waals surface area contributed by atoms with Crippen LogP contribution in [0, 0.1) is 11.8 Å². The fourth-order valence-electron chi connectivity index (χ4n) is 0.859. The fourth-order valence-corrected chi connectivity index (χ4v) is 0.859. The van der Waals surface area contributed by atoms with Crippen molar-refractivity contribution < 1.29 is 0 Å². The Kier molecular flexibility index (Phi) is 3.87. The molecule has 0 aliphatic heterocycles. The van der Waals surface area contributed by atoms with Crippen molar-refractivity contribution in [1.82, 2.24) is 0 Å². The summed E-state index contributed by atoms with van der Waals surface area (Å²) in [4.78, 5) is 0. The zero-order valence-electron chi connectivity index (χ0n) is 7.02. The zero-order chi connectivity index (χ0) is 7.44. The molecule has 2 N–H and O–H groups in total. The maximum atomic E-state index is 5.63. The van der Waals surface area contributed by atoms with E-state index in [4.69, 9.17) is 5.73 Å². The third kappa shape index (κ3) is 4.46. The summed E-state index contributed by atoms with van der Waals surface area (Å²) in [5.41, 5.74) is 5.63. The maximum Gasteiger partial charge on any atom is 0.00131 e. The van der Waals surface area contributed by atoms with Crippen LogP contribution in [0.2, 0.25) is 0 Å². The summed E-state index contributed by atoms with van der Waals surface area (Å²) < 4.78 is 0. The second-order valence-corrected chi connectivity index (χ2v) is 3.43. The average molecular weight is 129 g/mol. The molecule has 56 valence electrons. The molecule has 0 aliphatic rings. The largest absolute Gasteiger partial charge is 0.328 e. The molecule has 1 heteroatoms. The van der Waals surface area contributed by atoms with Crippen LogP contribution < -0.4 is 5.73 Å². The molecular weight excluding hydrogens is 110 g/mol. The van der Waals surface area contributed by atoms with E-state index in [-0.39, 0.29) is 0 Å². The predicted molar refractivity (Wildman–Crippen MR) is 42.3 cm³/mol. The standard InChI is InChI=1S/C8H19N/c1-6(2)7(3)5-8(4)9/h6-8H,5,9H2,1-4H3/t7-,8?/m1/s1. The molecule has 0 saturated heterocycles. The van der Waals surface area contributed by atoms with Gasteiger partial charge in [-0.25, -0.2) is 0 Å². The number of hydrogen-bond acceptors (Lipinski definition) is 1. The predicted octanol–water partition coefficient (Wildman–Crippen LogP) is 2.02. The first-order valence-corrected chi connectivity index (χ1v) is 3.79. The minimum atomic E-state index is 0.363. The third-order valence-electron chi connectivity index (χ3n) is 1.88. The monoisotopic (exact) mass is 129 g/mol. The highest BCUT2D eigenvalue weighted by Gasteiger charge is 2.08. The van der Waals surface area contributed by atoms with Gasteiger partial charge in [0.05, 0.1) is 0 Å². The first-order valence-electron chi connectivity index (χ1n) is 3.79. The molecule has 0 aromatic rings. The molecule has 0 radical (unpaired) electrons. The highest BCUT2D eigenvalue weighted by molar-refractivity contribution is 4.62. The van der Waals surface area contributed by atoms with Crippen LogP contribution in [0.15, 0.2) is 0 Å². The smallest absolute Gasteiger partial charge is 0.00131 e. The third-order valence-corrected chi connectivity index (χ3v) is 1.88. The zero-order valence-corrected chi connectivity index (χ0v) is 7.02. The van der Waals surface area contributed by atoms with Crippen molar-refractivity contribution in [2.24, 2.45) is 17.6 Å². The van der Waals surface area contributed by atoms with Gasteiger partial charge in [0.25, 0.3) is 0 Å². The lowest BCUT2D eigenvalue weighted by Gasteiger charge is -2.16. The van der Waals surface area contributed by atoms with Crippen LogP contribution in [0.1, 0.15) is 34.1 Å². The molecule has 1 nitrogen and oxygen atoms in total. The molecule has 0 bridgehead atoms. The van der Waals surface area contributed by atoms with E-state index in [0.29, 0.717) is 6.04 Å². The SMILES string of the molecule is CC(N)C[C@@H](C)C(C)C. The molecule has 0 rings (SSSR count). The van der Waals surface area contributed by atoms with Crippen molar-refractivity contribution in [2.45, 2.75) is 40.2 Å². The van der Waals surface area contributed by atoms with Gasteiger partial charge in [-0.1, -0.05) is 20.8 Å². The molecule has 9 heavy (non-hydrogen) atoms. The lowest BCUT2D eigenvalue weighted by Crippen LogP contribution is -2.20. The Morgan fingerprint density at radius 3 is 1.67 bits per heavy atom. The van der Waals surface area contributed by atoms with Gasteiger partial charge in [-0.15, -0.1) is 0 Å². The van der Waals surface area contributed by atoms with Crippen molar-refractivity contribution in [1.29, 1.82) is 0 Å². The topological polar surface area (TPSA) is 26.0 Å². The molecule has 0 fully saturated rings. The highest BCUT2D eigenvalue weighted by atomic mass is 14.6. The molecule has 0 saturated carbocycles. The Morgan fingerprint density at radius 2 is 1.56 bits per heavy atom. The lowest BCUT2D eigenvalue weighted by atomic mass is 9.92. The molecule has 0 heterocycles. The Balaban J connectivity index is 3.38. The number of rotatable bonds is 3. The Bertz CT molecular complexity index is 67.0. The molecule has 0 aliphatic carbocycles. The van der Waals surface area contributed by atoms with Crippen molar-refractivity contribution in [2.75, 3.05) is 0 Å². The van der Waals surface area contributed by atoms with Gasteiger partial charge in [0.15, 0.2) is 0 Å². The second kappa shape index (κ2) is 3.89. The van der Waals surface area contributed by atoms with Gasteiger partial charge in [-0.05, 0) is 25.2 Å². The fraction of sp³-hybridized carbons (Fsp3) is 1.00. The van der Waals surface area contributed by atoms with Crippen molar-refractivity contribution in [3.05, 3.63) is 0 Å². The highest BCUT2D eigenvalue weighted by Crippen LogP contribution is 2.14. The number of nitrogens with two attached hydrogens (primary N) is 1. The minimum absolute atomic E-state index is 0.363. The van der Waals surface area contributed by atoms with Crippen molar-refractivity contribution in [3.63, 3.8) is 0 Å². The molecule has 2 atom stereocenters. The quantitative estimate of drug-likeness (QED) is 0.620. The minimum Gasteiger partial charge on any atom is -0.328 e. The first kappa shape index (κ1) is 8.96. The summed E-state index contributed by atoms with van der Waals surface area (Å²) >= 11 is 0. The van der Waals surface area contributed by atoms with E-state index < -0.39 is 0 Å². The van der Waals surface area contributed by atoms with Crippen LogP contribution in [-0.4, -0.2) is 6.04 Å². The van der Waals surface area contributed by atoms with Gasteiger partial charge in [0.1, 0.15) is 0 Å². The van der Waals surface area contributed by atoms with Gasteiger partial charge < -0.3 is 5.73 Å². The van der Waals surface area contributed by atoms with E-state index in [0.717, 1.165) is 18.3 Å². The normalized spacial score (nSPS) is 18.0. The van der Waals surface area contributed by atoms with Gasteiger partial charge in [-0.3, -0.25) is 0 Å². The van der Waals surface area contributed by atoms with Crippen molar-refractivity contribution >= 4 is 0 Å². The molecule has 0 spiro atoms. The Morgan fingerprint density at radius 1 is 1.11 bits per heavy atom. The maximum absolute atomic E-state index is 5.63. The van der Waals surface area contributed by atoms with E-state index in [2.05, 4.69) is 27.7 Å². The van der Waals surface area contributed by atoms with Crippen LogP contribution in [-0.2, 0) is 0 Å². The van der Waals surface area contributed by atoms with Gasteiger partial charge in [0, 0.05) is 6.04 Å². The van der Waals surface area contributed by atoms with Crippen LogP contribution in [0.25, 0.3) is 0 Å². The van der Waals surface area contributed by atoms with Gasteiger partial charge in [0.2, 0.25) is 0 Å². The molecule has 0 aromatic carbocycles. The Hall–Kier alpha value is -0.0400. The van der Waals surface area contributed by atoms with Crippen LogP contribution in [0.4, 0.5) is 0 Å². The lowest BCUT2D eigenvalue weighted by molar-refractivity contribution is 0.368. The summed E-state index contributed by atoms with van der Waals surface area (Å²) in [6.07, 6.45) is 1.15. The van der Waals surface area contributed by atoms with E-state index in [9.17, 15) is 0 Å². The summed E-state index contributed by atoms with van der Waals surface area (Å²) in [5.74, 6) is 1.54. The first-order chi connectivity index (χ1) is 4.04. The van der Waals surface area contributed by atoms with E-state index >= 15 is 0 Å². The molecular formula is C8H19N. The molecule has 1 unspecified atom stereocenters. The summed E-state index contributed by atoms with van der Waals surface area (Å²) in [5, 5.41) is 0.